The molecule has 0 saturated carbocycles. The molecule has 2 unspecified atom stereocenters. The smallest absolute Gasteiger partial charge is 0.195 e. The van der Waals surface area contributed by atoms with E-state index >= 15 is 0 Å². The number of thiazole rings is 1. The summed E-state index contributed by atoms with van der Waals surface area (Å²) in [6, 6.07) is 2.14. The summed E-state index contributed by atoms with van der Waals surface area (Å²) in [5, 5.41) is 5.53. The summed E-state index contributed by atoms with van der Waals surface area (Å²) in [7, 11) is 0. The zero-order valence-corrected chi connectivity index (χ0v) is 16.1. The standard InChI is InChI=1S/C19H25N5S/c1-13(2)17-5-6-24(23-17)10-15(4)18-9-20-16(8-21-18)7-14(3)19-11-25-12-22-19/h5-6,8-9,11-15H,7,10H2,1-4H3/p+1. The molecule has 0 fully saturated rings. The third kappa shape index (κ3) is 4.51. The first-order valence-electron chi connectivity index (χ1n) is 8.80. The van der Waals surface area contributed by atoms with Gasteiger partial charge in [-0.3, -0.25) is 9.97 Å². The van der Waals surface area contributed by atoms with Crippen LogP contribution in [0.4, 0.5) is 0 Å². The van der Waals surface area contributed by atoms with Gasteiger partial charge in [-0.05, 0) is 12.3 Å². The van der Waals surface area contributed by atoms with E-state index < -0.39 is 0 Å². The fourth-order valence-corrected chi connectivity index (χ4v) is 3.51. The molecule has 0 aromatic carbocycles. The summed E-state index contributed by atoms with van der Waals surface area (Å²) in [4.78, 5) is 13.6. The molecule has 3 rings (SSSR count). The monoisotopic (exact) mass is 356 g/mol. The van der Waals surface area contributed by atoms with Gasteiger partial charge in [0.2, 0.25) is 0 Å². The molecule has 0 radical (unpaired) electrons. The molecular formula is C19H26N5S+. The second-order valence-electron chi connectivity index (χ2n) is 7.04. The maximum absolute atomic E-state index is 4.64. The van der Waals surface area contributed by atoms with Crippen molar-refractivity contribution in [2.45, 2.75) is 58.4 Å². The predicted molar refractivity (Wildman–Crippen MR) is 99.8 cm³/mol. The molecule has 0 aliphatic carbocycles. The van der Waals surface area contributed by atoms with Gasteiger partial charge < -0.3 is 0 Å². The molecule has 0 aliphatic heterocycles. The largest absolute Gasteiger partial charge is 0.258 e. The van der Waals surface area contributed by atoms with E-state index in [1.54, 1.807) is 11.3 Å². The Hall–Kier alpha value is -2.08. The van der Waals surface area contributed by atoms with Crippen LogP contribution >= 0.6 is 11.3 Å². The molecule has 0 amide bonds. The fraction of sp³-hybridized carbons (Fsp3) is 0.474. The number of rotatable bonds is 7. The normalized spacial score (nSPS) is 14.0. The molecule has 0 saturated heterocycles. The molecule has 132 valence electrons. The van der Waals surface area contributed by atoms with Gasteiger partial charge in [0.15, 0.2) is 12.7 Å². The summed E-state index contributed by atoms with van der Waals surface area (Å²) in [6.45, 7) is 9.62. The van der Waals surface area contributed by atoms with Crippen LogP contribution in [0.25, 0.3) is 0 Å². The van der Waals surface area contributed by atoms with E-state index in [2.05, 4.69) is 70.1 Å². The Morgan fingerprint density at radius 1 is 1.04 bits per heavy atom. The van der Waals surface area contributed by atoms with Gasteiger partial charge in [0, 0.05) is 29.8 Å². The van der Waals surface area contributed by atoms with E-state index in [9.17, 15) is 0 Å². The highest BCUT2D eigenvalue weighted by atomic mass is 32.1. The fourth-order valence-electron chi connectivity index (χ4n) is 2.84. The minimum atomic E-state index is 0.307. The van der Waals surface area contributed by atoms with Crippen LogP contribution in [0.5, 0.6) is 0 Å². The van der Waals surface area contributed by atoms with Crippen molar-refractivity contribution in [2.75, 3.05) is 0 Å². The Labute approximate surface area is 153 Å². The van der Waals surface area contributed by atoms with Crippen molar-refractivity contribution in [2.24, 2.45) is 0 Å². The zero-order valence-electron chi connectivity index (χ0n) is 15.3. The predicted octanol–water partition coefficient (Wildman–Crippen LogP) is 3.82. The highest BCUT2D eigenvalue weighted by molar-refractivity contribution is 7.07. The lowest BCUT2D eigenvalue weighted by molar-refractivity contribution is -0.752. The maximum atomic E-state index is 4.64. The van der Waals surface area contributed by atoms with Crippen LogP contribution in [-0.2, 0) is 13.0 Å². The second kappa shape index (κ2) is 7.87. The summed E-state index contributed by atoms with van der Waals surface area (Å²) in [5.41, 5.74) is 6.31. The van der Waals surface area contributed by atoms with Crippen LogP contribution in [0.15, 0.2) is 35.5 Å². The van der Waals surface area contributed by atoms with Crippen LogP contribution in [0, 0.1) is 0 Å². The van der Waals surface area contributed by atoms with Crippen molar-refractivity contribution in [3.8, 4) is 0 Å². The van der Waals surface area contributed by atoms with Gasteiger partial charge in [-0.2, -0.15) is 5.10 Å². The lowest BCUT2D eigenvalue weighted by Crippen LogP contribution is -2.37. The average Bonchev–Trinajstić information content (AvgIpc) is 3.27. The third-order valence-electron chi connectivity index (χ3n) is 4.50. The number of aromatic nitrogens is 5. The number of nitrogens with zero attached hydrogens (tertiary/aromatic N) is 4. The van der Waals surface area contributed by atoms with E-state index in [0.29, 0.717) is 17.8 Å². The summed E-state index contributed by atoms with van der Waals surface area (Å²) >= 11 is 1.64. The Balaban J connectivity index is 1.61. The topological polar surface area (TPSA) is 58.3 Å². The lowest BCUT2D eigenvalue weighted by Gasteiger charge is -2.10. The Kier molecular flexibility index (Phi) is 5.58. The molecule has 3 heterocycles. The molecule has 6 heteroatoms. The van der Waals surface area contributed by atoms with Crippen LogP contribution in [0.1, 0.15) is 68.2 Å². The molecule has 0 aliphatic rings. The molecule has 0 spiro atoms. The van der Waals surface area contributed by atoms with Crippen molar-refractivity contribution in [3.05, 3.63) is 58.3 Å². The van der Waals surface area contributed by atoms with E-state index in [1.165, 1.54) is 5.69 Å². The van der Waals surface area contributed by atoms with Gasteiger partial charge in [0.05, 0.1) is 34.2 Å². The zero-order chi connectivity index (χ0) is 17.8. The summed E-state index contributed by atoms with van der Waals surface area (Å²) in [6.07, 6.45) is 6.80. The molecule has 5 nitrogen and oxygen atoms in total. The first-order chi connectivity index (χ1) is 12.0. The Morgan fingerprint density at radius 3 is 2.48 bits per heavy atom. The highest BCUT2D eigenvalue weighted by Crippen LogP contribution is 2.20. The maximum Gasteiger partial charge on any atom is 0.195 e. The molecule has 0 bridgehead atoms. The number of H-pyrrole nitrogens is 1. The second-order valence-corrected chi connectivity index (χ2v) is 7.76. The van der Waals surface area contributed by atoms with Gasteiger partial charge in [0.1, 0.15) is 0 Å². The summed E-state index contributed by atoms with van der Waals surface area (Å²) < 4.78 is 2.12. The van der Waals surface area contributed by atoms with Gasteiger partial charge in [-0.25, -0.2) is 4.98 Å². The SMILES string of the molecule is CC(C)c1cc[n+](CC(C)c2cnc(CC(C)c3cscn3)cn2)[nH]1. The minimum Gasteiger partial charge on any atom is -0.258 e. The average molecular weight is 357 g/mol. The lowest BCUT2D eigenvalue weighted by atomic mass is 10.0. The third-order valence-corrected chi connectivity index (χ3v) is 5.11. The van der Waals surface area contributed by atoms with Crippen molar-refractivity contribution in [1.82, 2.24) is 20.1 Å². The van der Waals surface area contributed by atoms with Crippen LogP contribution < -0.4 is 4.68 Å². The Bertz CT molecular complexity index is 777. The first kappa shape index (κ1) is 17.7. The quantitative estimate of drug-likeness (QED) is 0.655. The first-order valence-corrected chi connectivity index (χ1v) is 9.74. The molecular weight excluding hydrogens is 330 g/mol. The van der Waals surface area contributed by atoms with Gasteiger partial charge in [0.25, 0.3) is 0 Å². The van der Waals surface area contributed by atoms with Crippen molar-refractivity contribution >= 4 is 11.3 Å². The molecule has 2 atom stereocenters. The van der Waals surface area contributed by atoms with Crippen molar-refractivity contribution in [1.29, 1.82) is 0 Å². The molecule has 3 aromatic rings. The number of hydrogen-bond donors (Lipinski definition) is 1. The minimum absolute atomic E-state index is 0.307. The molecule has 25 heavy (non-hydrogen) atoms. The van der Waals surface area contributed by atoms with E-state index in [1.807, 2.05) is 17.9 Å². The molecule has 1 N–H and O–H groups in total. The van der Waals surface area contributed by atoms with Gasteiger partial charge >= 0.3 is 0 Å². The number of nitrogens with one attached hydrogen (secondary N) is 1. The van der Waals surface area contributed by atoms with Crippen molar-refractivity contribution in [3.63, 3.8) is 0 Å². The van der Waals surface area contributed by atoms with Crippen LogP contribution in [0.3, 0.4) is 0 Å². The van der Waals surface area contributed by atoms with E-state index in [4.69, 9.17) is 0 Å². The Morgan fingerprint density at radius 2 is 1.88 bits per heavy atom. The molecule has 3 aromatic heterocycles. The number of hydrogen-bond acceptors (Lipinski definition) is 4. The van der Waals surface area contributed by atoms with E-state index in [0.717, 1.165) is 30.0 Å². The highest BCUT2D eigenvalue weighted by Gasteiger charge is 2.17. The van der Waals surface area contributed by atoms with E-state index in [-0.39, 0.29) is 0 Å². The van der Waals surface area contributed by atoms with Crippen molar-refractivity contribution < 1.29 is 4.68 Å². The van der Waals surface area contributed by atoms with Gasteiger partial charge in [-0.15, -0.1) is 16.0 Å². The van der Waals surface area contributed by atoms with Crippen LogP contribution in [-0.4, -0.2) is 20.1 Å². The number of aromatic amines is 1. The van der Waals surface area contributed by atoms with Crippen LogP contribution in [0.2, 0.25) is 0 Å². The summed E-state index contributed by atoms with van der Waals surface area (Å²) in [5.74, 6) is 1.18. The van der Waals surface area contributed by atoms with Gasteiger partial charge in [-0.1, -0.05) is 27.7 Å².